The first-order valence-corrected chi connectivity index (χ1v) is 7.73. The number of carbonyl (C=O) groups excluding carboxylic acids is 1. The van der Waals surface area contributed by atoms with E-state index in [2.05, 4.69) is 0 Å². The highest BCUT2D eigenvalue weighted by Crippen LogP contribution is 2.27. The highest BCUT2D eigenvalue weighted by atomic mass is 16.5. The van der Waals surface area contributed by atoms with Gasteiger partial charge in [-0.15, -0.1) is 0 Å². The van der Waals surface area contributed by atoms with E-state index < -0.39 is 6.10 Å². The van der Waals surface area contributed by atoms with Crippen LogP contribution in [0.25, 0.3) is 0 Å². The van der Waals surface area contributed by atoms with Crippen LogP contribution >= 0.6 is 0 Å². The van der Waals surface area contributed by atoms with Crippen molar-refractivity contribution in [3.05, 3.63) is 96.1 Å². The predicted octanol–water partition coefficient (Wildman–Crippen LogP) is 4.70. The third-order valence-electron chi connectivity index (χ3n) is 3.71. The molecule has 0 radical (unpaired) electrons. The summed E-state index contributed by atoms with van der Waals surface area (Å²) >= 11 is 0. The minimum absolute atomic E-state index is 0.0716. The van der Waals surface area contributed by atoms with Gasteiger partial charge >= 0.3 is 0 Å². The average molecular weight is 318 g/mol. The average Bonchev–Trinajstić information content (AvgIpc) is 2.67. The number of benzene rings is 3. The third kappa shape index (κ3) is 3.63. The van der Waals surface area contributed by atoms with Crippen LogP contribution in [0.2, 0.25) is 0 Å². The maximum atomic E-state index is 12.9. The Morgan fingerprint density at radius 3 is 1.88 bits per heavy atom. The zero-order valence-corrected chi connectivity index (χ0v) is 13.4. The molecule has 0 aliphatic rings. The Hall–Kier alpha value is -3.07. The summed E-state index contributed by atoms with van der Waals surface area (Å²) in [6.45, 7) is 0. The fraction of sp³-hybridized carbons (Fsp3) is 0.0952. The Labute approximate surface area is 141 Å². The molecule has 3 aromatic carbocycles. The minimum atomic E-state index is -0.693. The van der Waals surface area contributed by atoms with Crippen molar-refractivity contribution < 1.29 is 14.3 Å². The van der Waals surface area contributed by atoms with Crippen LogP contribution in [0.15, 0.2) is 84.9 Å². The molecule has 0 aliphatic carbocycles. The molecule has 3 nitrogen and oxygen atoms in total. The molecule has 120 valence electrons. The summed E-state index contributed by atoms with van der Waals surface area (Å²) in [6, 6.07) is 25.9. The van der Waals surface area contributed by atoms with Crippen LogP contribution in [0.4, 0.5) is 0 Å². The molecule has 1 atom stereocenters. The van der Waals surface area contributed by atoms with Crippen molar-refractivity contribution >= 4 is 5.78 Å². The predicted molar refractivity (Wildman–Crippen MR) is 93.6 cm³/mol. The van der Waals surface area contributed by atoms with Crippen molar-refractivity contribution in [3.63, 3.8) is 0 Å². The van der Waals surface area contributed by atoms with Gasteiger partial charge in [-0.25, -0.2) is 0 Å². The molecule has 1 unspecified atom stereocenters. The lowest BCUT2D eigenvalue weighted by molar-refractivity contribution is 0.0792. The molecule has 0 aliphatic heterocycles. The largest absolute Gasteiger partial charge is 0.497 e. The minimum Gasteiger partial charge on any atom is -0.497 e. The van der Waals surface area contributed by atoms with E-state index in [1.807, 2.05) is 60.7 Å². The van der Waals surface area contributed by atoms with Crippen LogP contribution in [-0.2, 0) is 0 Å². The normalized spacial score (nSPS) is 11.5. The SMILES string of the molecule is COc1ccc(OC(C(=O)c2ccccc2)c2ccccc2)cc1. The molecule has 0 aromatic heterocycles. The van der Waals surface area contributed by atoms with Gasteiger partial charge in [0.1, 0.15) is 11.5 Å². The lowest BCUT2D eigenvalue weighted by Crippen LogP contribution is -2.19. The second-order valence-electron chi connectivity index (χ2n) is 5.31. The number of hydrogen-bond acceptors (Lipinski definition) is 3. The Balaban J connectivity index is 1.91. The van der Waals surface area contributed by atoms with E-state index in [0.717, 1.165) is 11.3 Å². The van der Waals surface area contributed by atoms with Gasteiger partial charge in [-0.1, -0.05) is 60.7 Å². The second-order valence-corrected chi connectivity index (χ2v) is 5.31. The van der Waals surface area contributed by atoms with Crippen molar-refractivity contribution in [2.45, 2.75) is 6.10 Å². The van der Waals surface area contributed by atoms with Gasteiger partial charge in [-0.2, -0.15) is 0 Å². The zero-order chi connectivity index (χ0) is 16.8. The van der Waals surface area contributed by atoms with E-state index in [1.165, 1.54) is 0 Å². The van der Waals surface area contributed by atoms with E-state index >= 15 is 0 Å². The molecule has 3 rings (SSSR count). The van der Waals surface area contributed by atoms with Crippen LogP contribution < -0.4 is 9.47 Å². The topological polar surface area (TPSA) is 35.5 Å². The second kappa shape index (κ2) is 7.47. The van der Waals surface area contributed by atoms with Crippen LogP contribution in [0.5, 0.6) is 11.5 Å². The van der Waals surface area contributed by atoms with Gasteiger partial charge in [0.05, 0.1) is 7.11 Å². The molecule has 3 aromatic rings. The fourth-order valence-corrected chi connectivity index (χ4v) is 2.44. The van der Waals surface area contributed by atoms with Gasteiger partial charge in [-0.05, 0) is 24.3 Å². The third-order valence-corrected chi connectivity index (χ3v) is 3.71. The molecule has 0 fully saturated rings. The summed E-state index contributed by atoms with van der Waals surface area (Å²) in [4.78, 5) is 12.9. The maximum Gasteiger partial charge on any atom is 0.207 e. The number of hydrogen-bond donors (Lipinski definition) is 0. The Morgan fingerprint density at radius 1 is 0.750 bits per heavy atom. The fourth-order valence-electron chi connectivity index (χ4n) is 2.44. The lowest BCUT2D eigenvalue weighted by Gasteiger charge is -2.19. The lowest BCUT2D eigenvalue weighted by atomic mass is 10.00. The van der Waals surface area contributed by atoms with Crippen LogP contribution in [0.1, 0.15) is 22.0 Å². The first-order valence-electron chi connectivity index (χ1n) is 7.73. The summed E-state index contributed by atoms with van der Waals surface area (Å²) in [5.74, 6) is 1.29. The molecule has 3 heteroatoms. The van der Waals surface area contributed by atoms with Crippen molar-refractivity contribution in [2.75, 3.05) is 7.11 Å². The van der Waals surface area contributed by atoms with E-state index in [0.29, 0.717) is 11.3 Å². The van der Waals surface area contributed by atoms with Gasteiger partial charge in [0, 0.05) is 11.1 Å². The summed E-state index contributed by atoms with van der Waals surface area (Å²) in [5.41, 5.74) is 1.45. The quantitative estimate of drug-likeness (QED) is 0.618. The number of Topliss-reactive ketones (excluding diaryl/α,β-unsaturated/α-hetero) is 1. The Bertz CT molecular complexity index is 780. The molecule has 0 N–H and O–H groups in total. The first-order chi connectivity index (χ1) is 11.8. The molecule has 0 heterocycles. The molecule has 0 amide bonds. The van der Waals surface area contributed by atoms with E-state index in [9.17, 15) is 4.79 Å². The number of carbonyl (C=O) groups is 1. The van der Waals surface area contributed by atoms with Crippen LogP contribution in [-0.4, -0.2) is 12.9 Å². The molecular weight excluding hydrogens is 300 g/mol. The molecule has 0 spiro atoms. The van der Waals surface area contributed by atoms with Gasteiger partial charge in [0.2, 0.25) is 5.78 Å². The highest BCUT2D eigenvalue weighted by molar-refractivity contribution is 6.00. The van der Waals surface area contributed by atoms with E-state index in [4.69, 9.17) is 9.47 Å². The van der Waals surface area contributed by atoms with Crippen molar-refractivity contribution in [1.82, 2.24) is 0 Å². The molecular formula is C21H18O3. The first kappa shape index (κ1) is 15.8. The Kier molecular flexibility index (Phi) is 4.92. The van der Waals surface area contributed by atoms with E-state index in [1.54, 1.807) is 31.4 Å². The van der Waals surface area contributed by atoms with Crippen molar-refractivity contribution in [3.8, 4) is 11.5 Å². The summed E-state index contributed by atoms with van der Waals surface area (Å²) in [7, 11) is 1.61. The summed E-state index contributed by atoms with van der Waals surface area (Å²) in [5, 5.41) is 0. The number of rotatable bonds is 6. The van der Waals surface area contributed by atoms with Crippen LogP contribution in [0.3, 0.4) is 0 Å². The van der Waals surface area contributed by atoms with Gasteiger partial charge in [0.15, 0.2) is 6.10 Å². The van der Waals surface area contributed by atoms with Crippen molar-refractivity contribution in [2.24, 2.45) is 0 Å². The zero-order valence-electron chi connectivity index (χ0n) is 13.4. The molecule has 0 saturated heterocycles. The number of methoxy groups -OCH3 is 1. The summed E-state index contributed by atoms with van der Waals surface area (Å²) < 4.78 is 11.2. The van der Waals surface area contributed by atoms with Crippen molar-refractivity contribution in [1.29, 1.82) is 0 Å². The molecule has 0 saturated carbocycles. The molecule has 0 bridgehead atoms. The van der Waals surface area contributed by atoms with Crippen LogP contribution in [0, 0.1) is 0 Å². The smallest absolute Gasteiger partial charge is 0.207 e. The highest BCUT2D eigenvalue weighted by Gasteiger charge is 2.23. The van der Waals surface area contributed by atoms with Gasteiger partial charge in [-0.3, -0.25) is 4.79 Å². The van der Waals surface area contributed by atoms with Gasteiger partial charge in [0.25, 0.3) is 0 Å². The summed E-state index contributed by atoms with van der Waals surface area (Å²) in [6.07, 6.45) is -0.693. The number of ketones is 1. The van der Waals surface area contributed by atoms with E-state index in [-0.39, 0.29) is 5.78 Å². The number of ether oxygens (including phenoxy) is 2. The molecule has 24 heavy (non-hydrogen) atoms. The monoisotopic (exact) mass is 318 g/mol. The Morgan fingerprint density at radius 2 is 1.29 bits per heavy atom. The standard InChI is InChI=1S/C21H18O3/c1-23-18-12-14-19(15-13-18)24-21(17-10-6-3-7-11-17)20(22)16-8-4-2-5-9-16/h2-15,21H,1H3. The van der Waals surface area contributed by atoms with Gasteiger partial charge < -0.3 is 9.47 Å². The maximum absolute atomic E-state index is 12.9.